The molecule has 0 amide bonds. The largest absolute Gasteiger partial charge is 0.508 e. The molecule has 2 rings (SSSR count). The van der Waals surface area contributed by atoms with Crippen molar-refractivity contribution >= 4 is 17.6 Å². The Morgan fingerprint density at radius 3 is 2.37 bits per heavy atom. The van der Waals surface area contributed by atoms with E-state index in [1.807, 2.05) is 19.1 Å². The summed E-state index contributed by atoms with van der Waals surface area (Å²) >= 11 is 0. The molecular formula is C16H14O3. The van der Waals surface area contributed by atoms with Crippen LogP contribution in [0.2, 0.25) is 0 Å². The molecule has 0 unspecified atom stereocenters. The fraction of sp³-hybridized carbons (Fsp3) is 0.0625. The molecule has 2 N–H and O–H groups in total. The van der Waals surface area contributed by atoms with Gasteiger partial charge in [-0.05, 0) is 36.3 Å². The highest BCUT2D eigenvalue weighted by atomic mass is 16.4. The molecule has 0 aliphatic carbocycles. The Balaban J connectivity index is 2.46. The number of phenolic OH excluding ortho intramolecular Hbond substituents is 1. The zero-order valence-electron chi connectivity index (χ0n) is 10.5. The van der Waals surface area contributed by atoms with E-state index in [-0.39, 0.29) is 11.3 Å². The first-order valence-electron chi connectivity index (χ1n) is 5.87. The average Bonchev–Trinajstić information content (AvgIpc) is 2.37. The van der Waals surface area contributed by atoms with Crippen LogP contribution in [0.5, 0.6) is 5.75 Å². The lowest BCUT2D eigenvalue weighted by molar-refractivity contribution is -0.130. The average molecular weight is 254 g/mol. The van der Waals surface area contributed by atoms with Crippen LogP contribution in [0.3, 0.4) is 0 Å². The molecule has 19 heavy (non-hydrogen) atoms. The summed E-state index contributed by atoms with van der Waals surface area (Å²) in [6, 6.07) is 13.8. The summed E-state index contributed by atoms with van der Waals surface area (Å²) in [4.78, 5) is 11.3. The van der Waals surface area contributed by atoms with Gasteiger partial charge in [0.15, 0.2) is 0 Å². The normalized spacial score (nSPS) is 11.3. The van der Waals surface area contributed by atoms with E-state index >= 15 is 0 Å². The summed E-state index contributed by atoms with van der Waals surface area (Å²) in [5.74, 6) is -0.880. The molecule has 0 aliphatic rings. The zero-order valence-corrected chi connectivity index (χ0v) is 10.5. The lowest BCUT2D eigenvalue weighted by Crippen LogP contribution is -1.99. The second-order valence-corrected chi connectivity index (χ2v) is 4.32. The van der Waals surface area contributed by atoms with Crippen molar-refractivity contribution in [3.05, 3.63) is 65.2 Å². The van der Waals surface area contributed by atoms with Crippen molar-refractivity contribution in [1.29, 1.82) is 0 Å². The van der Waals surface area contributed by atoms with E-state index in [2.05, 4.69) is 0 Å². The summed E-state index contributed by atoms with van der Waals surface area (Å²) in [6.45, 7) is 1.95. The molecule has 0 saturated carbocycles. The van der Waals surface area contributed by atoms with E-state index in [0.717, 1.165) is 5.56 Å². The molecule has 96 valence electrons. The van der Waals surface area contributed by atoms with Crippen LogP contribution in [0.15, 0.2) is 48.5 Å². The maximum Gasteiger partial charge on any atom is 0.336 e. The van der Waals surface area contributed by atoms with Crippen molar-refractivity contribution in [2.45, 2.75) is 6.92 Å². The third-order valence-corrected chi connectivity index (χ3v) is 2.77. The molecule has 0 bridgehead atoms. The summed E-state index contributed by atoms with van der Waals surface area (Å²) in [5.41, 5.74) is 2.57. The first-order valence-corrected chi connectivity index (χ1v) is 5.87. The number of rotatable bonds is 3. The number of benzene rings is 2. The smallest absolute Gasteiger partial charge is 0.336 e. The highest BCUT2D eigenvalue weighted by molar-refractivity contribution is 6.20. The van der Waals surface area contributed by atoms with Crippen LogP contribution >= 0.6 is 0 Å². The molecule has 0 spiro atoms. The van der Waals surface area contributed by atoms with Crippen molar-refractivity contribution in [3.8, 4) is 5.75 Å². The van der Waals surface area contributed by atoms with Crippen molar-refractivity contribution in [2.24, 2.45) is 0 Å². The van der Waals surface area contributed by atoms with Gasteiger partial charge in [-0.1, -0.05) is 42.0 Å². The number of carbonyl (C=O) groups is 1. The lowest BCUT2D eigenvalue weighted by atomic mass is 10.0. The maximum absolute atomic E-state index is 11.3. The van der Waals surface area contributed by atoms with Gasteiger partial charge in [-0.3, -0.25) is 0 Å². The fourth-order valence-corrected chi connectivity index (χ4v) is 1.78. The zero-order chi connectivity index (χ0) is 13.8. The topological polar surface area (TPSA) is 57.5 Å². The third-order valence-electron chi connectivity index (χ3n) is 2.77. The lowest BCUT2D eigenvalue weighted by Gasteiger charge is -2.04. The van der Waals surface area contributed by atoms with E-state index in [0.29, 0.717) is 11.1 Å². The summed E-state index contributed by atoms with van der Waals surface area (Å²) < 4.78 is 0. The molecular weight excluding hydrogens is 240 g/mol. The van der Waals surface area contributed by atoms with Crippen LogP contribution in [-0.2, 0) is 4.79 Å². The van der Waals surface area contributed by atoms with Gasteiger partial charge in [0, 0.05) is 0 Å². The Bertz CT molecular complexity index is 625. The molecule has 0 atom stereocenters. The number of aryl methyl sites for hydroxylation is 1. The minimum Gasteiger partial charge on any atom is -0.508 e. The van der Waals surface area contributed by atoms with Gasteiger partial charge < -0.3 is 10.2 Å². The number of hydrogen-bond acceptors (Lipinski definition) is 2. The molecule has 2 aromatic carbocycles. The van der Waals surface area contributed by atoms with Crippen molar-refractivity contribution in [1.82, 2.24) is 0 Å². The summed E-state index contributed by atoms with van der Waals surface area (Å²) in [5, 5.41) is 18.7. The van der Waals surface area contributed by atoms with Gasteiger partial charge >= 0.3 is 5.97 Å². The van der Waals surface area contributed by atoms with Crippen LogP contribution in [0.1, 0.15) is 16.7 Å². The fourth-order valence-electron chi connectivity index (χ4n) is 1.78. The van der Waals surface area contributed by atoms with E-state index in [4.69, 9.17) is 0 Å². The van der Waals surface area contributed by atoms with E-state index in [1.54, 1.807) is 36.4 Å². The molecule has 0 aromatic heterocycles. The molecule has 0 saturated heterocycles. The molecule has 0 fully saturated rings. The van der Waals surface area contributed by atoms with Crippen molar-refractivity contribution in [3.63, 3.8) is 0 Å². The minimum atomic E-state index is -0.993. The van der Waals surface area contributed by atoms with Crippen molar-refractivity contribution in [2.75, 3.05) is 0 Å². The second-order valence-electron chi connectivity index (χ2n) is 4.32. The molecule has 3 nitrogen and oxygen atoms in total. The number of aromatic hydroxyl groups is 1. The predicted molar refractivity (Wildman–Crippen MR) is 74.8 cm³/mol. The minimum absolute atomic E-state index is 0.113. The maximum atomic E-state index is 11.3. The van der Waals surface area contributed by atoms with Gasteiger partial charge in [-0.15, -0.1) is 0 Å². The standard InChI is InChI=1S/C16H14O3/c1-11-5-7-13(8-6-11)15(16(18)19)10-12-3-2-4-14(17)9-12/h2-10,17H,1H3,(H,18,19)/b15-10-. The van der Waals surface area contributed by atoms with Gasteiger partial charge in [-0.2, -0.15) is 0 Å². The number of phenols is 1. The Hall–Kier alpha value is -2.55. The van der Waals surface area contributed by atoms with Crippen LogP contribution in [0, 0.1) is 6.92 Å². The number of carboxylic acid groups (broad SMARTS) is 1. The first kappa shape index (κ1) is 12.9. The van der Waals surface area contributed by atoms with Crippen LogP contribution < -0.4 is 0 Å². The number of aliphatic carboxylic acids is 1. The summed E-state index contributed by atoms with van der Waals surface area (Å²) in [6.07, 6.45) is 1.55. The number of hydrogen-bond donors (Lipinski definition) is 2. The van der Waals surface area contributed by atoms with Crippen LogP contribution in [0.4, 0.5) is 0 Å². The van der Waals surface area contributed by atoms with Crippen LogP contribution in [-0.4, -0.2) is 16.2 Å². The first-order chi connectivity index (χ1) is 9.06. The Morgan fingerprint density at radius 2 is 1.79 bits per heavy atom. The molecule has 0 aliphatic heterocycles. The van der Waals surface area contributed by atoms with Gasteiger partial charge in [0.2, 0.25) is 0 Å². The van der Waals surface area contributed by atoms with E-state index in [1.165, 1.54) is 6.07 Å². The highest BCUT2D eigenvalue weighted by Gasteiger charge is 2.10. The number of carboxylic acids is 1. The van der Waals surface area contributed by atoms with Gasteiger partial charge in [0.25, 0.3) is 0 Å². The Morgan fingerprint density at radius 1 is 1.11 bits per heavy atom. The molecule has 0 heterocycles. The van der Waals surface area contributed by atoms with E-state index in [9.17, 15) is 15.0 Å². The summed E-state index contributed by atoms with van der Waals surface area (Å²) in [7, 11) is 0. The van der Waals surface area contributed by atoms with E-state index < -0.39 is 5.97 Å². The second kappa shape index (κ2) is 5.40. The molecule has 0 radical (unpaired) electrons. The van der Waals surface area contributed by atoms with Gasteiger partial charge in [0.05, 0.1) is 5.57 Å². The quantitative estimate of drug-likeness (QED) is 0.652. The highest BCUT2D eigenvalue weighted by Crippen LogP contribution is 2.21. The predicted octanol–water partition coefficient (Wildman–Crippen LogP) is 3.33. The molecule has 3 heteroatoms. The molecule has 2 aromatic rings. The van der Waals surface area contributed by atoms with Gasteiger partial charge in [0.1, 0.15) is 5.75 Å². The monoisotopic (exact) mass is 254 g/mol. The Kier molecular flexibility index (Phi) is 3.66. The third kappa shape index (κ3) is 3.22. The van der Waals surface area contributed by atoms with Gasteiger partial charge in [-0.25, -0.2) is 4.79 Å². The van der Waals surface area contributed by atoms with Crippen molar-refractivity contribution < 1.29 is 15.0 Å². The SMILES string of the molecule is Cc1ccc(/C(=C/c2cccc(O)c2)C(=O)O)cc1. The Labute approximate surface area is 111 Å². The van der Waals surface area contributed by atoms with Crippen LogP contribution in [0.25, 0.3) is 11.6 Å².